The van der Waals surface area contributed by atoms with Gasteiger partial charge in [-0.3, -0.25) is 4.79 Å². The van der Waals surface area contributed by atoms with Gasteiger partial charge in [-0.15, -0.1) is 0 Å². The van der Waals surface area contributed by atoms with E-state index in [1.807, 2.05) is 24.3 Å². The number of rotatable bonds is 7. The number of carbonyl (C=O) groups excluding carboxylic acids is 1. The van der Waals surface area contributed by atoms with E-state index < -0.39 is 0 Å². The summed E-state index contributed by atoms with van der Waals surface area (Å²) in [5, 5.41) is 2.86. The van der Waals surface area contributed by atoms with Crippen molar-refractivity contribution in [2.45, 2.75) is 12.8 Å². The molecule has 0 unspecified atom stereocenters. The fourth-order valence-electron chi connectivity index (χ4n) is 2.16. The summed E-state index contributed by atoms with van der Waals surface area (Å²) in [5.74, 6) is 1.99. The summed E-state index contributed by atoms with van der Waals surface area (Å²) in [4.78, 5) is 12.1. The Labute approximate surface area is 136 Å². The molecule has 0 bridgehead atoms. The van der Waals surface area contributed by atoms with Gasteiger partial charge in [0.2, 0.25) is 5.91 Å². The molecule has 0 atom stereocenters. The monoisotopic (exact) mass is 315 g/mol. The van der Waals surface area contributed by atoms with E-state index in [1.54, 1.807) is 39.5 Å². The Kier molecular flexibility index (Phi) is 5.86. The van der Waals surface area contributed by atoms with Crippen LogP contribution in [-0.4, -0.2) is 27.2 Å². The number of benzene rings is 2. The van der Waals surface area contributed by atoms with E-state index in [9.17, 15) is 4.79 Å². The summed E-state index contributed by atoms with van der Waals surface area (Å²) in [5.41, 5.74) is 1.72. The predicted octanol–water partition coefficient (Wildman–Crippen LogP) is 3.28. The molecule has 2 aromatic rings. The molecule has 0 radical (unpaired) electrons. The van der Waals surface area contributed by atoms with E-state index in [0.717, 1.165) is 11.3 Å². The minimum absolute atomic E-state index is 0.0655. The lowest BCUT2D eigenvalue weighted by Crippen LogP contribution is -2.13. The molecule has 2 aromatic carbocycles. The number of methoxy groups -OCH3 is 3. The smallest absolute Gasteiger partial charge is 0.224 e. The highest BCUT2D eigenvalue weighted by atomic mass is 16.5. The number of aryl methyl sites for hydroxylation is 1. The van der Waals surface area contributed by atoms with E-state index in [4.69, 9.17) is 14.2 Å². The predicted molar refractivity (Wildman–Crippen MR) is 89.5 cm³/mol. The molecule has 0 aliphatic heterocycles. The van der Waals surface area contributed by atoms with Crippen molar-refractivity contribution in [2.75, 3.05) is 26.6 Å². The van der Waals surface area contributed by atoms with Crippen molar-refractivity contribution in [3.05, 3.63) is 48.0 Å². The van der Waals surface area contributed by atoms with Gasteiger partial charge < -0.3 is 19.5 Å². The fourth-order valence-corrected chi connectivity index (χ4v) is 2.16. The van der Waals surface area contributed by atoms with Gasteiger partial charge in [0.05, 0.1) is 27.0 Å². The van der Waals surface area contributed by atoms with Gasteiger partial charge in [0.1, 0.15) is 17.2 Å². The number of amides is 1. The van der Waals surface area contributed by atoms with Crippen LogP contribution in [0.2, 0.25) is 0 Å². The van der Waals surface area contributed by atoms with Gasteiger partial charge in [-0.1, -0.05) is 12.1 Å². The Balaban J connectivity index is 1.93. The molecule has 122 valence electrons. The van der Waals surface area contributed by atoms with Crippen LogP contribution in [0, 0.1) is 0 Å². The molecule has 0 fully saturated rings. The van der Waals surface area contributed by atoms with Crippen LogP contribution in [0.25, 0.3) is 0 Å². The summed E-state index contributed by atoms with van der Waals surface area (Å²) >= 11 is 0. The van der Waals surface area contributed by atoms with Gasteiger partial charge in [0, 0.05) is 12.5 Å². The summed E-state index contributed by atoms with van der Waals surface area (Å²) in [6.07, 6.45) is 1.05. The molecular weight excluding hydrogens is 294 g/mol. The molecule has 5 nitrogen and oxygen atoms in total. The molecule has 5 heteroatoms. The quantitative estimate of drug-likeness (QED) is 0.852. The molecule has 23 heavy (non-hydrogen) atoms. The first-order valence-corrected chi connectivity index (χ1v) is 7.31. The van der Waals surface area contributed by atoms with Gasteiger partial charge in [0.15, 0.2) is 0 Å². The highest BCUT2D eigenvalue weighted by Gasteiger charge is 2.09. The number of nitrogens with one attached hydrogen (secondary N) is 1. The first-order chi connectivity index (χ1) is 11.2. The third-order valence-corrected chi connectivity index (χ3v) is 3.48. The first-order valence-electron chi connectivity index (χ1n) is 7.31. The van der Waals surface area contributed by atoms with Crippen molar-refractivity contribution >= 4 is 11.6 Å². The Morgan fingerprint density at radius 2 is 1.57 bits per heavy atom. The Hall–Kier alpha value is -2.69. The van der Waals surface area contributed by atoms with Crippen LogP contribution in [0.15, 0.2) is 42.5 Å². The van der Waals surface area contributed by atoms with Gasteiger partial charge in [-0.05, 0) is 36.2 Å². The second-order valence-electron chi connectivity index (χ2n) is 4.96. The third kappa shape index (κ3) is 4.64. The van der Waals surface area contributed by atoms with Gasteiger partial charge in [-0.25, -0.2) is 0 Å². The normalized spacial score (nSPS) is 10.0. The van der Waals surface area contributed by atoms with Gasteiger partial charge in [0.25, 0.3) is 0 Å². The number of anilines is 1. The molecule has 0 aromatic heterocycles. The molecule has 0 heterocycles. The number of ether oxygens (including phenoxy) is 3. The fraction of sp³-hybridized carbons (Fsp3) is 0.278. The lowest BCUT2D eigenvalue weighted by molar-refractivity contribution is -0.116. The minimum atomic E-state index is -0.0655. The molecule has 0 saturated carbocycles. The molecule has 0 aliphatic carbocycles. The van der Waals surface area contributed by atoms with E-state index in [1.165, 1.54) is 0 Å². The van der Waals surface area contributed by atoms with Crippen molar-refractivity contribution < 1.29 is 19.0 Å². The zero-order chi connectivity index (χ0) is 16.7. The van der Waals surface area contributed by atoms with Crippen LogP contribution in [0.5, 0.6) is 17.2 Å². The van der Waals surface area contributed by atoms with Crippen LogP contribution in [-0.2, 0) is 11.2 Å². The van der Waals surface area contributed by atoms with Crippen molar-refractivity contribution in [3.8, 4) is 17.2 Å². The molecule has 1 N–H and O–H groups in total. The molecule has 1 amide bonds. The maximum Gasteiger partial charge on any atom is 0.224 e. The Morgan fingerprint density at radius 1 is 0.913 bits per heavy atom. The van der Waals surface area contributed by atoms with E-state index in [0.29, 0.717) is 30.0 Å². The number of carbonyl (C=O) groups is 1. The van der Waals surface area contributed by atoms with Crippen LogP contribution < -0.4 is 19.5 Å². The second-order valence-corrected chi connectivity index (χ2v) is 4.96. The van der Waals surface area contributed by atoms with Crippen molar-refractivity contribution in [2.24, 2.45) is 0 Å². The van der Waals surface area contributed by atoms with Crippen molar-refractivity contribution in [1.29, 1.82) is 0 Å². The van der Waals surface area contributed by atoms with Crippen LogP contribution in [0.4, 0.5) is 5.69 Å². The van der Waals surface area contributed by atoms with E-state index in [-0.39, 0.29) is 5.91 Å². The molecule has 0 saturated heterocycles. The van der Waals surface area contributed by atoms with Crippen LogP contribution in [0.3, 0.4) is 0 Å². The minimum Gasteiger partial charge on any atom is -0.497 e. The van der Waals surface area contributed by atoms with Gasteiger partial charge >= 0.3 is 0 Å². The summed E-state index contributed by atoms with van der Waals surface area (Å²) < 4.78 is 15.5. The number of hydrogen-bond acceptors (Lipinski definition) is 4. The van der Waals surface area contributed by atoms with Crippen LogP contribution in [0.1, 0.15) is 12.0 Å². The average Bonchev–Trinajstić information content (AvgIpc) is 2.60. The zero-order valence-corrected chi connectivity index (χ0v) is 13.6. The van der Waals surface area contributed by atoms with Crippen molar-refractivity contribution in [1.82, 2.24) is 0 Å². The first kappa shape index (κ1) is 16.7. The third-order valence-electron chi connectivity index (χ3n) is 3.48. The van der Waals surface area contributed by atoms with Crippen molar-refractivity contribution in [3.63, 3.8) is 0 Å². The second kappa shape index (κ2) is 8.08. The van der Waals surface area contributed by atoms with E-state index in [2.05, 4.69) is 5.32 Å². The summed E-state index contributed by atoms with van der Waals surface area (Å²) in [6.45, 7) is 0. The standard InChI is InChI=1S/C18H21NO4/c1-21-14-7-4-13(5-8-14)6-11-18(20)19-16-10-9-15(22-2)12-17(16)23-3/h4-5,7-10,12H,6,11H2,1-3H3,(H,19,20). The zero-order valence-electron chi connectivity index (χ0n) is 13.6. The molecule has 0 aliphatic rings. The lowest BCUT2D eigenvalue weighted by Gasteiger charge is -2.11. The SMILES string of the molecule is COc1ccc(CCC(=O)Nc2ccc(OC)cc2OC)cc1. The summed E-state index contributed by atoms with van der Waals surface area (Å²) in [7, 11) is 4.77. The molecule has 0 spiro atoms. The maximum absolute atomic E-state index is 12.1. The lowest BCUT2D eigenvalue weighted by atomic mass is 10.1. The Bertz CT molecular complexity index is 653. The van der Waals surface area contributed by atoms with Gasteiger partial charge in [-0.2, -0.15) is 0 Å². The highest BCUT2D eigenvalue weighted by molar-refractivity contribution is 5.92. The summed E-state index contributed by atoms with van der Waals surface area (Å²) in [6, 6.07) is 13.0. The van der Waals surface area contributed by atoms with Crippen LogP contribution >= 0.6 is 0 Å². The average molecular weight is 315 g/mol. The highest BCUT2D eigenvalue weighted by Crippen LogP contribution is 2.29. The molecule has 2 rings (SSSR count). The van der Waals surface area contributed by atoms with E-state index >= 15 is 0 Å². The maximum atomic E-state index is 12.1. The number of hydrogen-bond donors (Lipinski definition) is 1. The Morgan fingerprint density at radius 3 is 2.17 bits per heavy atom. The topological polar surface area (TPSA) is 56.8 Å². The largest absolute Gasteiger partial charge is 0.497 e. The molecular formula is C18H21NO4.